The van der Waals surface area contributed by atoms with Gasteiger partial charge in [-0.2, -0.15) is 0 Å². The van der Waals surface area contributed by atoms with Crippen LogP contribution in [0.2, 0.25) is 0 Å². The van der Waals surface area contributed by atoms with Crippen LogP contribution in [0.1, 0.15) is 56.1 Å². The topological polar surface area (TPSA) is 49.3 Å². The number of rotatable bonds is 2. The van der Waals surface area contributed by atoms with Crippen LogP contribution in [0.5, 0.6) is 0 Å². The second-order valence-electron chi connectivity index (χ2n) is 11.3. The summed E-state index contributed by atoms with van der Waals surface area (Å²) in [6.45, 7) is 14.3. The predicted octanol–water partition coefficient (Wildman–Crippen LogP) is 4.92. The lowest BCUT2D eigenvalue weighted by molar-refractivity contribution is -0.141. The van der Waals surface area contributed by atoms with Crippen LogP contribution in [0.4, 0.5) is 5.69 Å². The Morgan fingerprint density at radius 2 is 1.41 bits per heavy atom. The van der Waals surface area contributed by atoms with E-state index in [1.807, 2.05) is 6.07 Å². The Morgan fingerprint density at radius 1 is 0.824 bits per heavy atom. The summed E-state index contributed by atoms with van der Waals surface area (Å²) >= 11 is 0. The van der Waals surface area contributed by atoms with Crippen molar-refractivity contribution in [2.24, 2.45) is 5.41 Å². The maximum Gasteiger partial charge on any atom is 0.235 e. The van der Waals surface area contributed by atoms with Crippen LogP contribution in [-0.4, -0.2) is 47.0 Å². The number of carbonyl (C=O) groups excluding carboxylic acids is 1. The fraction of sp³-hybridized carbons (Fsp3) is 0.483. The Hall–Kier alpha value is -2.95. The number of aryl methyl sites for hydroxylation is 2. The van der Waals surface area contributed by atoms with Gasteiger partial charge in [-0.05, 0) is 67.5 Å². The highest BCUT2D eigenvalue weighted by Crippen LogP contribution is 2.70. The van der Waals surface area contributed by atoms with E-state index in [4.69, 9.17) is 9.97 Å². The standard InChI is InChI=1S/C29H34N4O/c1-19-17-22-23(18-20(19)2)31-25-24(30-22)28(5)11-12-29(25,27(28,3)4)26(34)33-15-13-32(14-16-33)21-9-7-6-8-10-21/h6-10,17-18H,11-16H2,1-5H3. The van der Waals surface area contributed by atoms with Crippen molar-refractivity contribution < 1.29 is 4.79 Å². The lowest BCUT2D eigenvalue weighted by atomic mass is 9.63. The summed E-state index contributed by atoms with van der Waals surface area (Å²) in [5.74, 6) is 0.255. The van der Waals surface area contributed by atoms with E-state index >= 15 is 0 Å². The lowest BCUT2D eigenvalue weighted by Gasteiger charge is -2.44. The van der Waals surface area contributed by atoms with Crippen LogP contribution >= 0.6 is 0 Å². The fourth-order valence-electron chi connectivity index (χ4n) is 6.91. The number of carbonyl (C=O) groups is 1. The maximum absolute atomic E-state index is 14.4. The van der Waals surface area contributed by atoms with E-state index in [2.05, 4.69) is 80.8 Å². The third-order valence-corrected chi connectivity index (χ3v) is 9.71. The largest absolute Gasteiger partial charge is 0.368 e. The molecule has 2 aliphatic carbocycles. The minimum Gasteiger partial charge on any atom is -0.368 e. The molecule has 0 radical (unpaired) electrons. The predicted molar refractivity (Wildman–Crippen MR) is 136 cm³/mol. The SMILES string of the molecule is Cc1cc2nc3c(nc2cc1C)C1(C(=O)N2CCN(c4ccccc4)CC2)CCC3(C)C1(C)C. The van der Waals surface area contributed by atoms with E-state index in [0.29, 0.717) is 0 Å². The van der Waals surface area contributed by atoms with E-state index in [0.717, 1.165) is 61.4 Å². The zero-order valence-corrected chi connectivity index (χ0v) is 21.0. The monoisotopic (exact) mass is 454 g/mol. The minimum absolute atomic E-state index is 0.149. The molecule has 176 valence electrons. The number of fused-ring (bicyclic) bond motifs is 6. The van der Waals surface area contributed by atoms with Crippen LogP contribution in [0.15, 0.2) is 42.5 Å². The molecule has 1 saturated carbocycles. The Labute approximate surface area is 202 Å². The molecule has 2 atom stereocenters. The average Bonchev–Trinajstić information content (AvgIpc) is 3.13. The molecular weight excluding hydrogens is 420 g/mol. The van der Waals surface area contributed by atoms with Crippen molar-refractivity contribution in [3.05, 3.63) is 65.0 Å². The van der Waals surface area contributed by atoms with Gasteiger partial charge in [0, 0.05) is 37.3 Å². The number of benzene rings is 2. The molecule has 1 aliphatic heterocycles. The number of amides is 1. The molecule has 1 saturated heterocycles. The molecule has 6 rings (SSSR count). The van der Waals surface area contributed by atoms with Crippen molar-refractivity contribution in [3.8, 4) is 0 Å². The first-order chi connectivity index (χ1) is 16.2. The number of anilines is 1. The molecule has 1 amide bonds. The van der Waals surface area contributed by atoms with E-state index in [-0.39, 0.29) is 16.7 Å². The maximum atomic E-state index is 14.4. The smallest absolute Gasteiger partial charge is 0.235 e. The van der Waals surface area contributed by atoms with Crippen LogP contribution in [0.25, 0.3) is 11.0 Å². The summed E-state index contributed by atoms with van der Waals surface area (Å²) < 4.78 is 0. The van der Waals surface area contributed by atoms with Crippen molar-refractivity contribution >= 4 is 22.6 Å². The molecule has 34 heavy (non-hydrogen) atoms. The molecular formula is C29H34N4O. The Morgan fingerprint density at radius 3 is 2.03 bits per heavy atom. The highest BCUT2D eigenvalue weighted by molar-refractivity contribution is 5.93. The molecule has 5 heteroatoms. The summed E-state index contributed by atoms with van der Waals surface area (Å²) in [4.78, 5) is 29.3. The van der Waals surface area contributed by atoms with Crippen molar-refractivity contribution in [2.45, 2.75) is 58.3 Å². The van der Waals surface area contributed by atoms with Gasteiger partial charge >= 0.3 is 0 Å². The highest BCUT2D eigenvalue weighted by Gasteiger charge is 2.73. The molecule has 1 aromatic heterocycles. The summed E-state index contributed by atoms with van der Waals surface area (Å²) in [7, 11) is 0. The molecule has 5 nitrogen and oxygen atoms in total. The molecule has 2 fully saturated rings. The van der Waals surface area contributed by atoms with Crippen molar-refractivity contribution in [3.63, 3.8) is 0 Å². The number of hydrogen-bond acceptors (Lipinski definition) is 4. The Balaban J connectivity index is 1.40. The summed E-state index contributed by atoms with van der Waals surface area (Å²) in [6, 6.07) is 14.8. The summed E-state index contributed by atoms with van der Waals surface area (Å²) in [5, 5.41) is 0. The van der Waals surface area contributed by atoms with Gasteiger partial charge in [0.25, 0.3) is 0 Å². The normalized spacial score (nSPS) is 27.3. The third kappa shape index (κ3) is 2.58. The minimum atomic E-state index is -0.605. The van der Waals surface area contributed by atoms with Gasteiger partial charge in [0.2, 0.25) is 5.91 Å². The highest BCUT2D eigenvalue weighted by atomic mass is 16.2. The second kappa shape index (κ2) is 7.03. The molecule has 2 aromatic carbocycles. The first-order valence-corrected chi connectivity index (χ1v) is 12.6. The van der Waals surface area contributed by atoms with Gasteiger partial charge < -0.3 is 9.80 Å². The quantitative estimate of drug-likeness (QED) is 0.551. The number of aromatic nitrogens is 2. The summed E-state index contributed by atoms with van der Waals surface area (Å²) in [6.07, 6.45) is 1.83. The first-order valence-electron chi connectivity index (χ1n) is 12.6. The van der Waals surface area contributed by atoms with Crippen molar-refractivity contribution in [2.75, 3.05) is 31.1 Å². The molecule has 0 N–H and O–H groups in total. The van der Waals surface area contributed by atoms with Gasteiger partial charge in [-0.15, -0.1) is 0 Å². The molecule has 2 heterocycles. The first kappa shape index (κ1) is 21.6. The van der Waals surface area contributed by atoms with Gasteiger partial charge in [0.15, 0.2) is 0 Å². The number of piperazine rings is 1. The number of para-hydroxylation sites is 1. The van der Waals surface area contributed by atoms with Crippen molar-refractivity contribution in [1.82, 2.24) is 14.9 Å². The Kier molecular flexibility index (Phi) is 4.46. The van der Waals surface area contributed by atoms with E-state index in [1.165, 1.54) is 16.8 Å². The lowest BCUT2D eigenvalue weighted by Crippen LogP contribution is -2.57. The molecule has 3 aliphatic rings. The summed E-state index contributed by atoms with van der Waals surface area (Å²) in [5.41, 5.74) is 6.54. The Bertz CT molecular complexity index is 1310. The molecule has 2 unspecified atom stereocenters. The molecule has 3 aromatic rings. The van der Waals surface area contributed by atoms with Crippen LogP contribution in [-0.2, 0) is 15.6 Å². The van der Waals surface area contributed by atoms with E-state index in [9.17, 15) is 4.79 Å². The fourth-order valence-corrected chi connectivity index (χ4v) is 6.91. The van der Waals surface area contributed by atoms with Crippen LogP contribution in [0, 0.1) is 19.3 Å². The molecule has 0 spiro atoms. The van der Waals surface area contributed by atoms with Crippen molar-refractivity contribution in [1.29, 1.82) is 0 Å². The average molecular weight is 455 g/mol. The zero-order valence-electron chi connectivity index (χ0n) is 21.0. The van der Waals surface area contributed by atoms with Gasteiger partial charge in [0.05, 0.1) is 27.8 Å². The number of nitrogens with zero attached hydrogens (tertiary/aromatic N) is 4. The zero-order chi connectivity index (χ0) is 23.9. The molecule has 2 bridgehead atoms. The van der Waals surface area contributed by atoms with Gasteiger partial charge in [-0.3, -0.25) is 4.79 Å². The van der Waals surface area contributed by atoms with Gasteiger partial charge in [-0.25, -0.2) is 9.97 Å². The van der Waals surface area contributed by atoms with E-state index < -0.39 is 5.41 Å². The van der Waals surface area contributed by atoms with Crippen LogP contribution < -0.4 is 4.90 Å². The third-order valence-electron chi connectivity index (χ3n) is 9.71. The van der Waals surface area contributed by atoms with Crippen LogP contribution in [0.3, 0.4) is 0 Å². The van der Waals surface area contributed by atoms with E-state index in [1.54, 1.807) is 0 Å². The second-order valence-corrected chi connectivity index (χ2v) is 11.3. The van der Waals surface area contributed by atoms with Gasteiger partial charge in [0.1, 0.15) is 0 Å². The number of hydrogen-bond donors (Lipinski definition) is 0. The van der Waals surface area contributed by atoms with Gasteiger partial charge in [-0.1, -0.05) is 39.0 Å².